The lowest BCUT2D eigenvalue weighted by Crippen LogP contribution is -2.00. The topological polar surface area (TPSA) is 20.2 Å². The largest absolute Gasteiger partial charge is 0.508 e. The molecule has 0 saturated heterocycles. The number of rotatable bonds is 9. The van der Waals surface area contributed by atoms with E-state index < -0.39 is 0 Å². The highest BCUT2D eigenvalue weighted by molar-refractivity contribution is 5.31. The average molecular weight is 248 g/mol. The van der Waals surface area contributed by atoms with Crippen LogP contribution in [0.1, 0.15) is 64.4 Å². The van der Waals surface area contributed by atoms with Crippen LogP contribution in [0.2, 0.25) is 0 Å². The number of hydrogen-bond donors (Lipinski definition) is 1. The molecule has 0 saturated carbocycles. The smallest absolute Gasteiger partial charge is 0.118 e. The summed E-state index contributed by atoms with van der Waals surface area (Å²) in [6.45, 7) is 4.55. The van der Waals surface area contributed by atoms with Crippen LogP contribution in [0.25, 0.3) is 0 Å². The zero-order valence-electron chi connectivity index (χ0n) is 12.0. The molecule has 0 aromatic heterocycles. The van der Waals surface area contributed by atoms with Crippen molar-refractivity contribution in [2.75, 3.05) is 0 Å². The lowest BCUT2D eigenvalue weighted by atomic mass is 9.94. The normalized spacial score (nSPS) is 12.6. The summed E-state index contributed by atoms with van der Waals surface area (Å²) in [6.07, 6.45) is 10.5. The zero-order chi connectivity index (χ0) is 13.2. The van der Waals surface area contributed by atoms with Crippen molar-refractivity contribution >= 4 is 0 Å². The van der Waals surface area contributed by atoms with Gasteiger partial charge in [0.2, 0.25) is 0 Å². The van der Waals surface area contributed by atoms with Crippen molar-refractivity contribution in [1.82, 2.24) is 0 Å². The first-order valence-corrected chi connectivity index (χ1v) is 7.51. The first kappa shape index (κ1) is 15.1. The lowest BCUT2D eigenvalue weighted by Gasteiger charge is -2.12. The van der Waals surface area contributed by atoms with Gasteiger partial charge in [-0.15, -0.1) is 0 Å². The number of phenolic OH excluding ortho intramolecular Hbond substituents is 1. The average Bonchev–Trinajstić information content (AvgIpc) is 2.36. The van der Waals surface area contributed by atoms with Gasteiger partial charge in [-0.1, -0.05) is 77.0 Å². The molecular formula is C17H28O. The first-order chi connectivity index (χ1) is 8.74. The van der Waals surface area contributed by atoms with E-state index >= 15 is 0 Å². The number of para-hydroxylation sites is 1. The molecule has 0 bridgehead atoms. The van der Waals surface area contributed by atoms with Gasteiger partial charge in [0, 0.05) is 0 Å². The summed E-state index contributed by atoms with van der Waals surface area (Å²) >= 11 is 0. The Morgan fingerprint density at radius 3 is 2.39 bits per heavy atom. The summed E-state index contributed by atoms with van der Waals surface area (Å²) < 4.78 is 0. The van der Waals surface area contributed by atoms with Gasteiger partial charge in [0.25, 0.3) is 0 Å². The van der Waals surface area contributed by atoms with Crippen LogP contribution in [0.4, 0.5) is 0 Å². The van der Waals surface area contributed by atoms with Crippen LogP contribution in [-0.2, 0) is 6.42 Å². The molecule has 0 aliphatic heterocycles. The number of benzene rings is 1. The fourth-order valence-electron chi connectivity index (χ4n) is 2.43. The van der Waals surface area contributed by atoms with E-state index in [-0.39, 0.29) is 0 Å². The van der Waals surface area contributed by atoms with Crippen molar-refractivity contribution in [3.05, 3.63) is 29.8 Å². The summed E-state index contributed by atoms with van der Waals surface area (Å²) in [5.74, 6) is 1.12. The molecule has 1 aromatic carbocycles. The van der Waals surface area contributed by atoms with Crippen LogP contribution in [0.15, 0.2) is 24.3 Å². The maximum Gasteiger partial charge on any atom is 0.118 e. The SMILES string of the molecule is CCCCCCCCC(C)Cc1ccccc1O. The Hall–Kier alpha value is -0.980. The highest BCUT2D eigenvalue weighted by Gasteiger charge is 2.06. The second-order valence-electron chi connectivity index (χ2n) is 5.49. The molecule has 1 heteroatoms. The molecule has 0 heterocycles. The molecule has 102 valence electrons. The monoisotopic (exact) mass is 248 g/mol. The summed E-state index contributed by atoms with van der Waals surface area (Å²) in [7, 11) is 0. The summed E-state index contributed by atoms with van der Waals surface area (Å²) in [5.41, 5.74) is 1.09. The van der Waals surface area contributed by atoms with Gasteiger partial charge in [0.15, 0.2) is 0 Å². The lowest BCUT2D eigenvalue weighted by molar-refractivity contribution is 0.445. The third-order valence-corrected chi connectivity index (χ3v) is 3.61. The Morgan fingerprint density at radius 1 is 1.00 bits per heavy atom. The van der Waals surface area contributed by atoms with Crippen LogP contribution >= 0.6 is 0 Å². The fraction of sp³-hybridized carbons (Fsp3) is 0.647. The van der Waals surface area contributed by atoms with Crippen molar-refractivity contribution in [3.8, 4) is 5.75 Å². The standard InChI is InChI=1S/C17H28O/c1-3-4-5-6-7-8-11-15(2)14-16-12-9-10-13-17(16)18/h9-10,12-13,15,18H,3-8,11,14H2,1-2H3. The predicted octanol–water partition coefficient (Wildman–Crippen LogP) is 5.32. The van der Waals surface area contributed by atoms with Gasteiger partial charge < -0.3 is 5.11 Å². The Bertz CT molecular complexity index is 319. The molecule has 0 amide bonds. The minimum atomic E-state index is 0.451. The molecule has 0 radical (unpaired) electrons. The number of phenols is 1. The third kappa shape index (κ3) is 6.09. The summed E-state index contributed by atoms with van der Waals surface area (Å²) in [6, 6.07) is 7.71. The minimum absolute atomic E-state index is 0.451. The van der Waals surface area contributed by atoms with Crippen molar-refractivity contribution in [2.24, 2.45) is 5.92 Å². The Labute approximate surface area is 112 Å². The number of unbranched alkanes of at least 4 members (excludes halogenated alkanes) is 5. The van der Waals surface area contributed by atoms with E-state index in [2.05, 4.69) is 13.8 Å². The van der Waals surface area contributed by atoms with Crippen LogP contribution in [-0.4, -0.2) is 5.11 Å². The molecule has 0 spiro atoms. The first-order valence-electron chi connectivity index (χ1n) is 7.51. The van der Waals surface area contributed by atoms with E-state index in [9.17, 15) is 5.11 Å². The van der Waals surface area contributed by atoms with E-state index in [1.165, 1.54) is 44.9 Å². The Balaban J connectivity index is 2.14. The van der Waals surface area contributed by atoms with Crippen molar-refractivity contribution in [3.63, 3.8) is 0 Å². The highest BCUT2D eigenvalue weighted by Crippen LogP contribution is 2.22. The molecule has 1 nitrogen and oxygen atoms in total. The highest BCUT2D eigenvalue weighted by atomic mass is 16.3. The fourth-order valence-corrected chi connectivity index (χ4v) is 2.43. The van der Waals surface area contributed by atoms with E-state index in [0.29, 0.717) is 11.7 Å². The molecule has 0 fully saturated rings. The second-order valence-corrected chi connectivity index (χ2v) is 5.49. The van der Waals surface area contributed by atoms with Gasteiger partial charge in [-0.05, 0) is 24.0 Å². The van der Waals surface area contributed by atoms with Crippen LogP contribution in [0.3, 0.4) is 0 Å². The number of aromatic hydroxyl groups is 1. The molecule has 0 aliphatic carbocycles. The minimum Gasteiger partial charge on any atom is -0.508 e. The van der Waals surface area contributed by atoms with Gasteiger partial charge in [-0.25, -0.2) is 0 Å². The molecule has 1 aromatic rings. The molecule has 0 aliphatic rings. The maximum atomic E-state index is 9.73. The quantitative estimate of drug-likeness (QED) is 0.586. The van der Waals surface area contributed by atoms with E-state index in [0.717, 1.165) is 12.0 Å². The van der Waals surface area contributed by atoms with E-state index in [4.69, 9.17) is 0 Å². The van der Waals surface area contributed by atoms with Crippen LogP contribution in [0, 0.1) is 5.92 Å². The van der Waals surface area contributed by atoms with E-state index in [1.54, 1.807) is 6.07 Å². The van der Waals surface area contributed by atoms with E-state index in [1.807, 2.05) is 18.2 Å². The van der Waals surface area contributed by atoms with Gasteiger partial charge in [-0.3, -0.25) is 0 Å². The van der Waals surface area contributed by atoms with Crippen molar-refractivity contribution < 1.29 is 5.11 Å². The van der Waals surface area contributed by atoms with Crippen LogP contribution < -0.4 is 0 Å². The summed E-state index contributed by atoms with van der Waals surface area (Å²) in [5, 5.41) is 9.73. The maximum absolute atomic E-state index is 9.73. The van der Waals surface area contributed by atoms with Gasteiger partial charge in [-0.2, -0.15) is 0 Å². The van der Waals surface area contributed by atoms with Gasteiger partial charge >= 0.3 is 0 Å². The third-order valence-electron chi connectivity index (χ3n) is 3.61. The second kappa shape index (κ2) is 9.02. The van der Waals surface area contributed by atoms with Crippen molar-refractivity contribution in [1.29, 1.82) is 0 Å². The van der Waals surface area contributed by atoms with Gasteiger partial charge in [0.1, 0.15) is 5.75 Å². The molecular weight excluding hydrogens is 220 g/mol. The molecule has 18 heavy (non-hydrogen) atoms. The Morgan fingerprint density at radius 2 is 1.67 bits per heavy atom. The predicted molar refractivity (Wildman–Crippen MR) is 79.0 cm³/mol. The Kier molecular flexibility index (Phi) is 7.55. The molecule has 1 rings (SSSR count). The van der Waals surface area contributed by atoms with Crippen molar-refractivity contribution in [2.45, 2.75) is 65.2 Å². The molecule has 1 N–H and O–H groups in total. The zero-order valence-corrected chi connectivity index (χ0v) is 12.0. The molecule has 1 atom stereocenters. The van der Waals surface area contributed by atoms with Gasteiger partial charge in [0.05, 0.1) is 0 Å². The summed E-state index contributed by atoms with van der Waals surface area (Å²) in [4.78, 5) is 0. The number of hydrogen-bond acceptors (Lipinski definition) is 1. The van der Waals surface area contributed by atoms with Crippen LogP contribution in [0.5, 0.6) is 5.75 Å². The molecule has 1 unspecified atom stereocenters.